The van der Waals surface area contributed by atoms with E-state index in [1.54, 1.807) is 24.4 Å². The van der Waals surface area contributed by atoms with Crippen LogP contribution in [-0.2, 0) is 0 Å². The van der Waals surface area contributed by atoms with Crippen molar-refractivity contribution in [1.82, 2.24) is 14.5 Å². The third-order valence-electron chi connectivity index (χ3n) is 5.44. The zero-order chi connectivity index (χ0) is 19.7. The van der Waals surface area contributed by atoms with E-state index in [-0.39, 0.29) is 11.9 Å². The van der Waals surface area contributed by atoms with Gasteiger partial charge in [0, 0.05) is 12.4 Å². The number of nitrogen functional groups attached to an aromatic ring is 1. The minimum atomic E-state index is -0.366. The molecule has 1 aromatic carbocycles. The van der Waals surface area contributed by atoms with Gasteiger partial charge in [0.25, 0.3) is 0 Å². The van der Waals surface area contributed by atoms with Crippen molar-refractivity contribution in [2.24, 2.45) is 5.11 Å². The SMILES string of the molecule is CC(/C(=C/Nc1ccccc1F)N=N)n1cc(C2CCC2)c2c(N)ncnc21. The molecule has 0 aliphatic heterocycles. The van der Waals surface area contributed by atoms with E-state index in [2.05, 4.69) is 20.4 Å². The molecular weight excluding hydrogens is 357 g/mol. The summed E-state index contributed by atoms with van der Waals surface area (Å²) in [5.41, 5.74) is 16.4. The first kappa shape index (κ1) is 18.1. The average molecular weight is 379 g/mol. The fourth-order valence-corrected chi connectivity index (χ4v) is 3.58. The number of hydrogen-bond acceptors (Lipinski definition) is 6. The number of rotatable bonds is 6. The molecule has 2 aromatic heterocycles. The predicted molar refractivity (Wildman–Crippen MR) is 106 cm³/mol. The number of hydrogen-bond donors (Lipinski definition) is 3. The van der Waals surface area contributed by atoms with Crippen molar-refractivity contribution in [2.75, 3.05) is 11.1 Å². The first-order valence-electron chi connectivity index (χ1n) is 9.29. The Kier molecular flexibility index (Phi) is 4.77. The molecule has 3 aromatic rings. The Balaban J connectivity index is 1.72. The van der Waals surface area contributed by atoms with Crippen LogP contribution in [0.3, 0.4) is 0 Å². The number of benzene rings is 1. The summed E-state index contributed by atoms with van der Waals surface area (Å²) in [6.45, 7) is 1.93. The number of aromatic nitrogens is 3. The predicted octanol–water partition coefficient (Wildman–Crippen LogP) is 4.97. The molecular formula is C20H22FN7. The Hall–Kier alpha value is -3.29. The van der Waals surface area contributed by atoms with E-state index in [0.717, 1.165) is 29.4 Å². The zero-order valence-corrected chi connectivity index (χ0v) is 15.6. The quantitative estimate of drug-likeness (QED) is 0.526. The monoisotopic (exact) mass is 379 g/mol. The lowest BCUT2D eigenvalue weighted by molar-refractivity contribution is 0.421. The number of nitrogens with zero attached hydrogens (tertiary/aromatic N) is 4. The van der Waals surface area contributed by atoms with Gasteiger partial charge in [0.2, 0.25) is 0 Å². The van der Waals surface area contributed by atoms with Gasteiger partial charge in [0.15, 0.2) is 0 Å². The Labute approximate surface area is 162 Å². The molecule has 0 bridgehead atoms. The highest BCUT2D eigenvalue weighted by Gasteiger charge is 2.27. The largest absolute Gasteiger partial charge is 0.383 e. The van der Waals surface area contributed by atoms with Crippen LogP contribution in [0.5, 0.6) is 0 Å². The second kappa shape index (κ2) is 7.38. The normalized spacial score (nSPS) is 16.0. The van der Waals surface area contributed by atoms with Gasteiger partial charge in [-0.25, -0.2) is 19.9 Å². The topological polar surface area (TPSA) is 105 Å². The number of fused-ring (bicyclic) bond motifs is 1. The summed E-state index contributed by atoms with van der Waals surface area (Å²) < 4.78 is 15.8. The molecule has 2 heterocycles. The minimum absolute atomic E-state index is 0.289. The molecule has 1 unspecified atom stereocenters. The molecule has 28 heavy (non-hydrogen) atoms. The fourth-order valence-electron chi connectivity index (χ4n) is 3.58. The number of nitrogens with one attached hydrogen (secondary N) is 2. The van der Waals surface area contributed by atoms with Crippen molar-refractivity contribution in [3.8, 4) is 0 Å². The summed E-state index contributed by atoms with van der Waals surface area (Å²) in [6.07, 6.45) is 8.51. The molecule has 7 nitrogen and oxygen atoms in total. The van der Waals surface area contributed by atoms with Crippen LogP contribution in [-0.4, -0.2) is 14.5 Å². The van der Waals surface area contributed by atoms with Gasteiger partial charge < -0.3 is 15.6 Å². The molecule has 4 rings (SSSR count). The molecule has 4 N–H and O–H groups in total. The van der Waals surface area contributed by atoms with Gasteiger partial charge in [-0.05, 0) is 43.4 Å². The van der Waals surface area contributed by atoms with Gasteiger partial charge >= 0.3 is 0 Å². The molecule has 0 spiro atoms. The standard InChI is InChI=1S/C20H22FN7/c1-12(17(27-23)9-24-16-8-3-2-7-15(16)21)28-10-14(13-5-4-6-13)18-19(22)25-11-26-20(18)28/h2-3,7-13,23-24H,4-6H2,1H3,(H2,22,25,26)/b17-9-,27-23?. The summed E-state index contributed by atoms with van der Waals surface area (Å²) in [5.74, 6) is 0.562. The minimum Gasteiger partial charge on any atom is -0.383 e. The van der Waals surface area contributed by atoms with Gasteiger partial charge in [-0.15, -0.1) is 0 Å². The van der Waals surface area contributed by atoms with E-state index in [9.17, 15) is 4.39 Å². The summed E-state index contributed by atoms with van der Waals surface area (Å²) in [7, 11) is 0. The second-order valence-corrected chi connectivity index (χ2v) is 7.06. The maximum Gasteiger partial charge on any atom is 0.146 e. The van der Waals surface area contributed by atoms with Crippen LogP contribution in [0.4, 0.5) is 15.9 Å². The zero-order valence-electron chi connectivity index (χ0n) is 15.6. The molecule has 1 atom stereocenters. The van der Waals surface area contributed by atoms with Crippen LogP contribution in [0.2, 0.25) is 0 Å². The van der Waals surface area contributed by atoms with Crippen LogP contribution in [0, 0.1) is 11.3 Å². The first-order valence-corrected chi connectivity index (χ1v) is 9.29. The van der Waals surface area contributed by atoms with Gasteiger partial charge in [0.1, 0.15) is 29.3 Å². The molecule has 1 saturated carbocycles. The van der Waals surface area contributed by atoms with Crippen molar-refractivity contribution in [2.45, 2.75) is 38.1 Å². The van der Waals surface area contributed by atoms with Gasteiger partial charge in [-0.3, -0.25) is 0 Å². The highest BCUT2D eigenvalue weighted by atomic mass is 19.1. The summed E-state index contributed by atoms with van der Waals surface area (Å²) >= 11 is 0. The molecule has 8 heteroatoms. The lowest BCUT2D eigenvalue weighted by atomic mass is 9.80. The first-order chi connectivity index (χ1) is 13.6. The van der Waals surface area contributed by atoms with E-state index >= 15 is 0 Å². The summed E-state index contributed by atoms with van der Waals surface area (Å²) in [4.78, 5) is 8.59. The molecule has 1 fully saturated rings. The highest BCUT2D eigenvalue weighted by Crippen LogP contribution is 2.42. The van der Waals surface area contributed by atoms with Crippen molar-refractivity contribution >= 4 is 22.5 Å². The van der Waals surface area contributed by atoms with Crippen molar-refractivity contribution in [3.05, 3.63) is 60.1 Å². The molecule has 0 amide bonds. The Bertz CT molecular complexity index is 1050. The Morgan fingerprint density at radius 2 is 2.18 bits per heavy atom. The molecule has 1 aliphatic carbocycles. The number of para-hydroxylation sites is 1. The van der Waals surface area contributed by atoms with Gasteiger partial charge in [-0.1, -0.05) is 18.6 Å². The molecule has 144 valence electrons. The number of allylic oxidation sites excluding steroid dienone is 1. The van der Waals surface area contributed by atoms with E-state index in [0.29, 0.717) is 23.1 Å². The van der Waals surface area contributed by atoms with Crippen molar-refractivity contribution < 1.29 is 4.39 Å². The van der Waals surface area contributed by atoms with Crippen molar-refractivity contribution in [3.63, 3.8) is 0 Å². The van der Waals surface area contributed by atoms with Crippen LogP contribution in [0.15, 0.2) is 53.8 Å². The van der Waals surface area contributed by atoms with E-state index in [1.807, 2.05) is 17.7 Å². The van der Waals surface area contributed by atoms with E-state index in [4.69, 9.17) is 11.3 Å². The number of halogens is 1. The van der Waals surface area contributed by atoms with E-state index in [1.165, 1.54) is 18.8 Å². The lowest BCUT2D eigenvalue weighted by Crippen LogP contribution is -2.10. The summed E-state index contributed by atoms with van der Waals surface area (Å²) in [5, 5.41) is 7.44. The highest BCUT2D eigenvalue weighted by molar-refractivity contribution is 5.90. The Morgan fingerprint density at radius 1 is 1.39 bits per heavy atom. The fraction of sp³-hybridized carbons (Fsp3) is 0.300. The van der Waals surface area contributed by atoms with Gasteiger partial charge in [-0.2, -0.15) is 5.11 Å². The molecule has 0 saturated heterocycles. The number of nitrogens with two attached hydrogens (primary N) is 1. The van der Waals surface area contributed by atoms with Crippen LogP contribution in [0.1, 0.15) is 43.7 Å². The molecule has 0 radical (unpaired) electrons. The third-order valence-corrected chi connectivity index (χ3v) is 5.44. The average Bonchev–Trinajstić information content (AvgIpc) is 3.02. The van der Waals surface area contributed by atoms with Crippen LogP contribution >= 0.6 is 0 Å². The third kappa shape index (κ3) is 3.11. The number of anilines is 2. The smallest absolute Gasteiger partial charge is 0.146 e. The van der Waals surface area contributed by atoms with E-state index < -0.39 is 0 Å². The Morgan fingerprint density at radius 3 is 2.86 bits per heavy atom. The van der Waals surface area contributed by atoms with Crippen molar-refractivity contribution in [1.29, 1.82) is 5.53 Å². The maximum atomic E-state index is 13.9. The van der Waals surface area contributed by atoms with Crippen LogP contribution < -0.4 is 11.1 Å². The second-order valence-electron chi connectivity index (χ2n) is 7.06. The maximum absolute atomic E-state index is 13.9. The van der Waals surface area contributed by atoms with Crippen LogP contribution in [0.25, 0.3) is 11.0 Å². The van der Waals surface area contributed by atoms with Gasteiger partial charge in [0.05, 0.1) is 17.1 Å². The summed E-state index contributed by atoms with van der Waals surface area (Å²) in [6, 6.07) is 6.08. The lowest BCUT2D eigenvalue weighted by Gasteiger charge is -2.25. The molecule has 1 aliphatic rings.